The number of nitrogens with one attached hydrogen (secondary N) is 1. The first-order chi connectivity index (χ1) is 7.99. The number of thiophene rings is 1. The van der Waals surface area contributed by atoms with Crippen LogP contribution in [0.3, 0.4) is 0 Å². The maximum absolute atomic E-state index is 5.61. The molecule has 0 aliphatic heterocycles. The number of hydrogen-bond acceptors (Lipinski definition) is 3. The van der Waals surface area contributed by atoms with Crippen molar-refractivity contribution in [1.29, 1.82) is 0 Å². The van der Waals surface area contributed by atoms with E-state index in [1.165, 1.54) is 8.66 Å². The van der Waals surface area contributed by atoms with Crippen LogP contribution >= 0.6 is 27.3 Å². The van der Waals surface area contributed by atoms with Crippen LogP contribution in [0, 0.1) is 0 Å². The van der Waals surface area contributed by atoms with E-state index in [9.17, 15) is 0 Å². The minimum absolute atomic E-state index is 0.147. The largest absolute Gasteiger partial charge is 0.377 e. The van der Waals surface area contributed by atoms with Crippen LogP contribution in [0.5, 0.6) is 0 Å². The topological polar surface area (TPSA) is 21.3 Å². The second-order valence-corrected chi connectivity index (χ2v) is 7.27. The minimum Gasteiger partial charge on any atom is -0.377 e. The highest BCUT2D eigenvalue weighted by Crippen LogP contribution is 2.26. The molecule has 0 bridgehead atoms. The summed E-state index contributed by atoms with van der Waals surface area (Å²) in [5.41, 5.74) is -0.147. The van der Waals surface area contributed by atoms with Crippen molar-refractivity contribution in [1.82, 2.24) is 5.32 Å². The first-order valence-electron chi connectivity index (χ1n) is 6.02. The standard InChI is InChI=1S/C13H22BrNOS/c1-5-8-15-11(13(2,3)16-4)9-10-6-7-12(14)17-10/h6-7,11,15H,5,8-9H2,1-4H3. The van der Waals surface area contributed by atoms with E-state index < -0.39 is 0 Å². The third-order valence-electron chi connectivity index (χ3n) is 3.04. The summed E-state index contributed by atoms with van der Waals surface area (Å²) in [6, 6.07) is 4.63. The molecule has 0 fully saturated rings. The third kappa shape index (κ3) is 4.70. The number of ether oxygens (including phenoxy) is 1. The molecule has 0 spiro atoms. The van der Waals surface area contributed by atoms with Crippen LogP contribution in [0.4, 0.5) is 0 Å². The van der Waals surface area contributed by atoms with E-state index >= 15 is 0 Å². The SMILES string of the molecule is CCCNC(Cc1ccc(Br)s1)C(C)(C)OC. The molecule has 0 aromatic carbocycles. The highest BCUT2D eigenvalue weighted by molar-refractivity contribution is 9.11. The molecule has 1 N–H and O–H groups in total. The molecular formula is C13H22BrNOS. The van der Waals surface area contributed by atoms with E-state index in [1.54, 1.807) is 18.4 Å². The van der Waals surface area contributed by atoms with Gasteiger partial charge >= 0.3 is 0 Å². The third-order valence-corrected chi connectivity index (χ3v) is 4.69. The average Bonchev–Trinajstić information content (AvgIpc) is 2.70. The van der Waals surface area contributed by atoms with Crippen molar-refractivity contribution in [3.63, 3.8) is 0 Å². The number of methoxy groups -OCH3 is 1. The molecule has 98 valence electrons. The van der Waals surface area contributed by atoms with Crippen molar-refractivity contribution < 1.29 is 4.74 Å². The van der Waals surface area contributed by atoms with E-state index in [1.807, 2.05) is 0 Å². The van der Waals surface area contributed by atoms with Crippen LogP contribution < -0.4 is 5.32 Å². The van der Waals surface area contributed by atoms with Crippen LogP contribution in [-0.4, -0.2) is 25.3 Å². The van der Waals surface area contributed by atoms with Crippen molar-refractivity contribution in [2.75, 3.05) is 13.7 Å². The molecule has 0 saturated heterocycles. The average molecular weight is 320 g/mol. The molecule has 0 aliphatic rings. The summed E-state index contributed by atoms with van der Waals surface area (Å²) in [5.74, 6) is 0. The molecule has 0 radical (unpaired) electrons. The zero-order chi connectivity index (χ0) is 12.9. The van der Waals surface area contributed by atoms with E-state index in [-0.39, 0.29) is 5.60 Å². The lowest BCUT2D eigenvalue weighted by Gasteiger charge is -2.33. The molecule has 2 nitrogen and oxygen atoms in total. The van der Waals surface area contributed by atoms with Gasteiger partial charge in [-0.25, -0.2) is 0 Å². The van der Waals surface area contributed by atoms with Gasteiger partial charge in [0.25, 0.3) is 0 Å². The molecule has 4 heteroatoms. The fourth-order valence-electron chi connectivity index (χ4n) is 1.69. The molecule has 1 aromatic heterocycles. The van der Waals surface area contributed by atoms with Crippen LogP contribution in [0.1, 0.15) is 32.1 Å². The Morgan fingerprint density at radius 3 is 2.65 bits per heavy atom. The highest BCUT2D eigenvalue weighted by Gasteiger charge is 2.29. The summed E-state index contributed by atoms with van der Waals surface area (Å²) in [6.45, 7) is 7.50. The summed E-state index contributed by atoms with van der Waals surface area (Å²) in [7, 11) is 1.78. The van der Waals surface area contributed by atoms with Gasteiger partial charge in [-0.15, -0.1) is 11.3 Å². The van der Waals surface area contributed by atoms with Crippen LogP contribution in [-0.2, 0) is 11.2 Å². The smallest absolute Gasteiger partial charge is 0.0778 e. The molecule has 1 aromatic rings. The summed E-state index contributed by atoms with van der Waals surface area (Å²) in [6.07, 6.45) is 2.15. The van der Waals surface area contributed by atoms with Gasteiger partial charge in [0.15, 0.2) is 0 Å². The number of hydrogen-bond donors (Lipinski definition) is 1. The molecule has 17 heavy (non-hydrogen) atoms. The van der Waals surface area contributed by atoms with Crippen molar-refractivity contribution >= 4 is 27.3 Å². The normalized spacial score (nSPS) is 13.9. The predicted molar refractivity (Wildman–Crippen MR) is 78.9 cm³/mol. The second-order valence-electron chi connectivity index (χ2n) is 4.72. The van der Waals surface area contributed by atoms with Crippen LogP contribution in [0.15, 0.2) is 15.9 Å². The molecule has 0 saturated carbocycles. The first-order valence-corrected chi connectivity index (χ1v) is 7.63. The Bertz CT molecular complexity index is 338. The van der Waals surface area contributed by atoms with Crippen LogP contribution in [0.25, 0.3) is 0 Å². The molecule has 1 unspecified atom stereocenters. The summed E-state index contributed by atoms with van der Waals surface area (Å²) in [4.78, 5) is 1.38. The van der Waals surface area contributed by atoms with E-state index in [4.69, 9.17) is 4.74 Å². The Labute approximate surface area is 117 Å². The van der Waals surface area contributed by atoms with Crippen LogP contribution in [0.2, 0.25) is 0 Å². The van der Waals surface area contributed by atoms with Crippen molar-refractivity contribution in [2.45, 2.75) is 45.3 Å². The summed E-state index contributed by atoms with van der Waals surface area (Å²) >= 11 is 5.31. The minimum atomic E-state index is -0.147. The van der Waals surface area contributed by atoms with Gasteiger partial charge in [-0.1, -0.05) is 6.92 Å². The lowest BCUT2D eigenvalue weighted by molar-refractivity contribution is -0.00976. The maximum Gasteiger partial charge on any atom is 0.0778 e. The van der Waals surface area contributed by atoms with Gasteiger partial charge in [0.2, 0.25) is 0 Å². The van der Waals surface area contributed by atoms with Gasteiger partial charge in [0.1, 0.15) is 0 Å². The second kappa shape index (κ2) is 6.88. The monoisotopic (exact) mass is 319 g/mol. The lowest BCUT2D eigenvalue weighted by Crippen LogP contribution is -2.49. The van der Waals surface area contributed by atoms with Gasteiger partial charge in [0, 0.05) is 18.0 Å². The Kier molecular flexibility index (Phi) is 6.13. The maximum atomic E-state index is 5.61. The number of rotatable bonds is 7. The fraction of sp³-hybridized carbons (Fsp3) is 0.692. The number of halogens is 1. The Hall–Kier alpha value is 0.1000. The lowest BCUT2D eigenvalue weighted by atomic mass is 9.94. The highest BCUT2D eigenvalue weighted by atomic mass is 79.9. The zero-order valence-corrected chi connectivity index (χ0v) is 13.5. The molecule has 0 aliphatic carbocycles. The molecule has 1 rings (SSSR count). The predicted octanol–water partition coefficient (Wildman–Crippen LogP) is 3.85. The van der Waals surface area contributed by atoms with Gasteiger partial charge in [-0.3, -0.25) is 0 Å². The van der Waals surface area contributed by atoms with E-state index in [0.717, 1.165) is 19.4 Å². The van der Waals surface area contributed by atoms with Crippen molar-refractivity contribution in [2.24, 2.45) is 0 Å². The Morgan fingerprint density at radius 2 is 2.18 bits per heavy atom. The summed E-state index contributed by atoms with van der Waals surface area (Å²) in [5, 5.41) is 3.58. The Morgan fingerprint density at radius 1 is 1.47 bits per heavy atom. The quantitative estimate of drug-likeness (QED) is 0.824. The summed E-state index contributed by atoms with van der Waals surface area (Å²) < 4.78 is 6.80. The van der Waals surface area contributed by atoms with Gasteiger partial charge < -0.3 is 10.1 Å². The molecule has 1 heterocycles. The van der Waals surface area contributed by atoms with Gasteiger partial charge in [-0.2, -0.15) is 0 Å². The van der Waals surface area contributed by atoms with Gasteiger partial charge in [0.05, 0.1) is 9.39 Å². The zero-order valence-electron chi connectivity index (χ0n) is 11.0. The molecular weight excluding hydrogens is 298 g/mol. The molecule has 0 amide bonds. The first kappa shape index (κ1) is 15.2. The fourth-order valence-corrected chi connectivity index (χ4v) is 3.22. The van der Waals surface area contributed by atoms with Crippen molar-refractivity contribution in [3.8, 4) is 0 Å². The van der Waals surface area contributed by atoms with E-state index in [2.05, 4.69) is 54.2 Å². The Balaban J connectivity index is 2.69. The van der Waals surface area contributed by atoms with Crippen molar-refractivity contribution in [3.05, 3.63) is 20.8 Å². The van der Waals surface area contributed by atoms with E-state index in [0.29, 0.717) is 6.04 Å². The molecule has 1 atom stereocenters. The van der Waals surface area contributed by atoms with Gasteiger partial charge in [-0.05, 0) is 61.3 Å².